The summed E-state index contributed by atoms with van der Waals surface area (Å²) in [5.41, 5.74) is 2.22. The zero-order valence-corrected chi connectivity index (χ0v) is 16.8. The second-order valence-electron chi connectivity index (χ2n) is 5.67. The van der Waals surface area contributed by atoms with Gasteiger partial charge in [0, 0.05) is 32.2 Å². The van der Waals surface area contributed by atoms with Crippen molar-refractivity contribution in [2.45, 2.75) is 19.4 Å². The molecule has 1 atom stereocenters. The lowest BCUT2D eigenvalue weighted by molar-refractivity contribution is 0.172. The van der Waals surface area contributed by atoms with E-state index in [9.17, 15) is 0 Å². The van der Waals surface area contributed by atoms with Crippen LogP contribution in [0.3, 0.4) is 0 Å². The molecule has 0 aliphatic carbocycles. The third kappa shape index (κ3) is 5.43. The highest BCUT2D eigenvalue weighted by molar-refractivity contribution is 6.33. The van der Waals surface area contributed by atoms with Crippen LogP contribution in [0, 0.1) is 0 Å². The van der Waals surface area contributed by atoms with Gasteiger partial charge in [-0.1, -0.05) is 23.2 Å². The summed E-state index contributed by atoms with van der Waals surface area (Å²) in [5, 5.41) is 4.02. The van der Waals surface area contributed by atoms with E-state index in [1.54, 1.807) is 14.2 Å². The third-order valence-electron chi connectivity index (χ3n) is 4.01. The average molecular weight is 398 g/mol. The van der Waals surface area contributed by atoms with E-state index < -0.39 is 0 Å². The van der Waals surface area contributed by atoms with Gasteiger partial charge in [0.15, 0.2) is 11.5 Å². The lowest BCUT2D eigenvalue weighted by Gasteiger charge is -2.36. The Morgan fingerprint density at radius 3 is 2.38 bits per heavy atom. The van der Waals surface area contributed by atoms with Gasteiger partial charge >= 0.3 is 0 Å². The SMILES string of the molecule is C=C(C)C[C@@H](c1ccc(OC)c(OC)c1Cl)N1CCNCC1.Cl.Cl. The molecule has 0 aromatic heterocycles. The molecule has 1 N–H and O–H groups in total. The van der Waals surface area contributed by atoms with Crippen LogP contribution in [0.4, 0.5) is 0 Å². The molecule has 0 bridgehead atoms. The molecule has 1 saturated heterocycles. The highest BCUT2D eigenvalue weighted by Crippen LogP contribution is 2.42. The maximum Gasteiger partial charge on any atom is 0.179 e. The van der Waals surface area contributed by atoms with E-state index in [0.29, 0.717) is 16.5 Å². The van der Waals surface area contributed by atoms with Crippen LogP contribution in [0.2, 0.25) is 5.02 Å². The van der Waals surface area contributed by atoms with E-state index in [4.69, 9.17) is 21.1 Å². The van der Waals surface area contributed by atoms with Gasteiger partial charge in [0.1, 0.15) is 0 Å². The Morgan fingerprint density at radius 1 is 1.25 bits per heavy atom. The van der Waals surface area contributed by atoms with Gasteiger partial charge in [-0.15, -0.1) is 31.4 Å². The normalized spacial score (nSPS) is 15.7. The summed E-state index contributed by atoms with van der Waals surface area (Å²) in [4.78, 5) is 2.46. The van der Waals surface area contributed by atoms with Gasteiger partial charge in [-0.05, 0) is 25.0 Å². The fourth-order valence-corrected chi connectivity index (χ4v) is 3.28. The molecular formula is C17H27Cl3N2O2. The molecule has 1 aliphatic heterocycles. The molecule has 4 nitrogen and oxygen atoms in total. The van der Waals surface area contributed by atoms with Crippen molar-refractivity contribution in [2.24, 2.45) is 0 Å². The standard InChI is InChI=1S/C17H25ClN2O2.2ClH/c1-12(2)11-14(20-9-7-19-8-10-20)13-5-6-15(21-3)17(22-4)16(13)18;;/h5-6,14,19H,1,7-11H2,2-4H3;2*1H/t14-;;/m0../s1. The lowest BCUT2D eigenvalue weighted by atomic mass is 9.97. The zero-order chi connectivity index (χ0) is 16.1. The van der Waals surface area contributed by atoms with Crippen molar-refractivity contribution in [2.75, 3.05) is 40.4 Å². The number of nitrogens with one attached hydrogen (secondary N) is 1. The van der Waals surface area contributed by atoms with Crippen LogP contribution in [-0.4, -0.2) is 45.3 Å². The largest absolute Gasteiger partial charge is 0.493 e. The minimum absolute atomic E-state index is 0. The van der Waals surface area contributed by atoms with Crippen molar-refractivity contribution in [3.63, 3.8) is 0 Å². The molecule has 24 heavy (non-hydrogen) atoms. The predicted molar refractivity (Wildman–Crippen MR) is 106 cm³/mol. The predicted octanol–water partition coefficient (Wildman–Crippen LogP) is 4.11. The number of rotatable bonds is 6. The Morgan fingerprint density at radius 2 is 1.88 bits per heavy atom. The lowest BCUT2D eigenvalue weighted by Crippen LogP contribution is -2.45. The molecule has 0 unspecified atom stereocenters. The Kier molecular flexibility index (Phi) is 10.8. The van der Waals surface area contributed by atoms with Gasteiger partial charge in [0.05, 0.1) is 19.2 Å². The first-order chi connectivity index (χ1) is 10.6. The van der Waals surface area contributed by atoms with Gasteiger partial charge < -0.3 is 14.8 Å². The van der Waals surface area contributed by atoms with Gasteiger partial charge in [0.2, 0.25) is 0 Å². The average Bonchev–Trinajstić information content (AvgIpc) is 2.53. The topological polar surface area (TPSA) is 33.7 Å². The summed E-state index contributed by atoms with van der Waals surface area (Å²) in [6.07, 6.45) is 0.884. The zero-order valence-electron chi connectivity index (χ0n) is 14.4. The van der Waals surface area contributed by atoms with Crippen LogP contribution in [0.5, 0.6) is 11.5 Å². The van der Waals surface area contributed by atoms with E-state index in [1.165, 1.54) is 0 Å². The van der Waals surface area contributed by atoms with Crippen molar-refractivity contribution in [3.05, 3.63) is 34.9 Å². The Labute approximate surface area is 162 Å². The Balaban J connectivity index is 0.00000264. The second kappa shape index (κ2) is 11.1. The Bertz CT molecular complexity index is 535. The van der Waals surface area contributed by atoms with Crippen LogP contribution in [0.1, 0.15) is 24.9 Å². The Hall–Kier alpha value is -0.650. The number of ether oxygens (including phenoxy) is 2. The highest BCUT2D eigenvalue weighted by atomic mass is 35.5. The van der Waals surface area contributed by atoms with Crippen LogP contribution >= 0.6 is 36.4 Å². The molecule has 0 radical (unpaired) electrons. The molecule has 1 aromatic carbocycles. The summed E-state index contributed by atoms with van der Waals surface area (Å²) in [6.45, 7) is 10.1. The number of piperazine rings is 1. The van der Waals surface area contributed by atoms with E-state index in [0.717, 1.165) is 43.7 Å². The smallest absolute Gasteiger partial charge is 0.179 e. The molecule has 1 fully saturated rings. The minimum Gasteiger partial charge on any atom is -0.493 e. The molecule has 7 heteroatoms. The van der Waals surface area contributed by atoms with Gasteiger partial charge in [-0.2, -0.15) is 0 Å². The monoisotopic (exact) mass is 396 g/mol. The van der Waals surface area contributed by atoms with Gasteiger partial charge in [-0.25, -0.2) is 0 Å². The molecule has 1 aliphatic rings. The van der Waals surface area contributed by atoms with Crippen molar-refractivity contribution in [3.8, 4) is 11.5 Å². The van der Waals surface area contributed by atoms with Crippen molar-refractivity contribution < 1.29 is 9.47 Å². The minimum atomic E-state index is 0. The number of hydrogen-bond donors (Lipinski definition) is 1. The third-order valence-corrected chi connectivity index (χ3v) is 4.40. The second-order valence-corrected chi connectivity index (χ2v) is 6.05. The van der Waals surface area contributed by atoms with E-state index in [2.05, 4.69) is 23.7 Å². The first-order valence-corrected chi connectivity index (χ1v) is 7.95. The highest BCUT2D eigenvalue weighted by Gasteiger charge is 2.26. The quantitative estimate of drug-likeness (QED) is 0.732. The summed E-state index contributed by atoms with van der Waals surface area (Å²) < 4.78 is 10.8. The molecular weight excluding hydrogens is 371 g/mol. The molecule has 1 aromatic rings. The van der Waals surface area contributed by atoms with Crippen LogP contribution in [0.15, 0.2) is 24.3 Å². The molecule has 0 amide bonds. The fourth-order valence-electron chi connectivity index (χ4n) is 2.92. The number of methoxy groups -OCH3 is 2. The first kappa shape index (κ1) is 23.4. The van der Waals surface area contributed by atoms with Crippen molar-refractivity contribution >= 4 is 36.4 Å². The van der Waals surface area contributed by atoms with Gasteiger partial charge in [0.25, 0.3) is 0 Å². The maximum absolute atomic E-state index is 6.61. The summed E-state index contributed by atoms with van der Waals surface area (Å²) in [5.74, 6) is 1.26. The van der Waals surface area contributed by atoms with Crippen molar-refractivity contribution in [1.82, 2.24) is 10.2 Å². The maximum atomic E-state index is 6.61. The summed E-state index contributed by atoms with van der Waals surface area (Å²) in [7, 11) is 3.24. The first-order valence-electron chi connectivity index (χ1n) is 7.58. The number of benzene rings is 1. The van der Waals surface area contributed by atoms with Crippen molar-refractivity contribution in [1.29, 1.82) is 0 Å². The van der Waals surface area contributed by atoms with Crippen LogP contribution in [-0.2, 0) is 0 Å². The summed E-state index contributed by atoms with van der Waals surface area (Å²) in [6, 6.07) is 4.18. The molecule has 2 rings (SSSR count). The van der Waals surface area contributed by atoms with E-state index in [1.807, 2.05) is 12.1 Å². The molecule has 0 saturated carbocycles. The summed E-state index contributed by atoms with van der Waals surface area (Å²) >= 11 is 6.61. The van der Waals surface area contributed by atoms with Gasteiger partial charge in [-0.3, -0.25) is 4.90 Å². The molecule has 0 spiro atoms. The number of halogens is 3. The number of nitrogens with zero attached hydrogens (tertiary/aromatic N) is 1. The molecule has 1 heterocycles. The van der Waals surface area contributed by atoms with E-state index >= 15 is 0 Å². The van der Waals surface area contributed by atoms with Crippen LogP contribution in [0.25, 0.3) is 0 Å². The number of hydrogen-bond acceptors (Lipinski definition) is 4. The van der Waals surface area contributed by atoms with E-state index in [-0.39, 0.29) is 30.9 Å². The fraction of sp³-hybridized carbons (Fsp3) is 0.529. The van der Waals surface area contributed by atoms with Crippen LogP contribution < -0.4 is 14.8 Å². The molecule has 138 valence electrons.